The van der Waals surface area contributed by atoms with Crippen LogP contribution in [-0.4, -0.2) is 65.5 Å². The molecule has 1 aliphatic heterocycles. The number of aliphatic hydroxyl groups is 2. The van der Waals surface area contributed by atoms with Gasteiger partial charge in [0.1, 0.15) is 18.5 Å². The fraction of sp³-hybridized carbons (Fsp3) is 0.654. The third kappa shape index (κ3) is 7.54. The lowest BCUT2D eigenvalue weighted by molar-refractivity contribution is -0.152. The van der Waals surface area contributed by atoms with Gasteiger partial charge in [0.25, 0.3) is 0 Å². The smallest absolute Gasteiger partial charge is 0.332 e. The maximum Gasteiger partial charge on any atom is 0.332 e. The maximum atomic E-state index is 11.3. The molecule has 2 aliphatic rings. The molecular weight excluding hydrogens is 424 g/mol. The number of aliphatic carboxylic acids is 1. The fourth-order valence-electron chi connectivity index (χ4n) is 4.84. The first-order valence-corrected chi connectivity index (χ1v) is 12.1. The number of carbonyl (C=O) groups is 1. The number of carboxylic acids is 1. The normalized spacial score (nSPS) is 29.4. The van der Waals surface area contributed by atoms with Gasteiger partial charge in [0.05, 0.1) is 25.4 Å². The third-order valence-corrected chi connectivity index (χ3v) is 6.67. The van der Waals surface area contributed by atoms with E-state index in [-0.39, 0.29) is 30.5 Å². The van der Waals surface area contributed by atoms with Gasteiger partial charge in [-0.3, -0.25) is 0 Å². The molecule has 2 fully saturated rings. The van der Waals surface area contributed by atoms with E-state index in [2.05, 4.69) is 0 Å². The van der Waals surface area contributed by atoms with Crippen LogP contribution in [0.4, 0.5) is 0 Å². The number of carboxylic acid groups (broad SMARTS) is 1. The minimum atomic E-state index is -0.915. The Hall–Kier alpha value is -1.93. The first-order valence-electron chi connectivity index (χ1n) is 12.1. The molecule has 1 aromatic rings. The van der Waals surface area contributed by atoms with Crippen LogP contribution in [0.25, 0.3) is 0 Å². The molecule has 1 saturated carbocycles. The zero-order valence-corrected chi connectivity index (χ0v) is 19.6. The second-order valence-corrected chi connectivity index (χ2v) is 9.39. The minimum Gasteiger partial charge on any atom is -0.491 e. The molecule has 7 heteroatoms. The van der Waals surface area contributed by atoms with Crippen LogP contribution in [0.3, 0.4) is 0 Å². The van der Waals surface area contributed by atoms with Crippen LogP contribution in [0.5, 0.6) is 5.75 Å². The highest BCUT2D eigenvalue weighted by atomic mass is 16.5. The largest absolute Gasteiger partial charge is 0.491 e. The molecule has 0 amide bonds. The predicted octanol–water partition coefficient (Wildman–Crippen LogP) is 3.35. The lowest BCUT2D eigenvalue weighted by Gasteiger charge is -2.21. The molecule has 0 bridgehead atoms. The fourth-order valence-corrected chi connectivity index (χ4v) is 4.84. The predicted molar refractivity (Wildman–Crippen MR) is 124 cm³/mol. The Morgan fingerprint density at radius 3 is 2.88 bits per heavy atom. The van der Waals surface area contributed by atoms with E-state index in [0.29, 0.717) is 26.1 Å². The average Bonchev–Trinajstić information content (AvgIpc) is 2.94. The highest BCUT2D eigenvalue weighted by Gasteiger charge is 2.43. The van der Waals surface area contributed by atoms with Crippen molar-refractivity contribution in [3.63, 3.8) is 0 Å². The Labute approximate surface area is 196 Å². The van der Waals surface area contributed by atoms with E-state index in [9.17, 15) is 20.1 Å². The van der Waals surface area contributed by atoms with Crippen LogP contribution in [-0.2, 0) is 14.3 Å². The van der Waals surface area contributed by atoms with Crippen LogP contribution in [0.15, 0.2) is 36.4 Å². The van der Waals surface area contributed by atoms with Crippen molar-refractivity contribution in [2.24, 2.45) is 17.8 Å². The number of fused-ring (bicyclic) bond motifs is 1. The third-order valence-electron chi connectivity index (χ3n) is 6.67. The van der Waals surface area contributed by atoms with Crippen molar-refractivity contribution < 1.29 is 34.3 Å². The first kappa shape index (κ1) is 25.7. The van der Waals surface area contributed by atoms with Gasteiger partial charge in [0.2, 0.25) is 0 Å². The molecule has 1 saturated heterocycles. The van der Waals surface area contributed by atoms with Crippen molar-refractivity contribution >= 4 is 5.97 Å². The molecule has 1 unspecified atom stereocenters. The molecular formula is C26H38O7. The van der Waals surface area contributed by atoms with Gasteiger partial charge in [-0.25, -0.2) is 4.79 Å². The summed E-state index contributed by atoms with van der Waals surface area (Å²) in [5.74, 6) is 0.0241. The summed E-state index contributed by atoms with van der Waals surface area (Å²) >= 11 is 0. The number of rotatable bonds is 11. The number of hydrogen-bond acceptors (Lipinski definition) is 6. The van der Waals surface area contributed by atoms with E-state index < -0.39 is 24.3 Å². The maximum absolute atomic E-state index is 11.3. The van der Waals surface area contributed by atoms with Crippen LogP contribution in [0.2, 0.25) is 0 Å². The molecule has 3 N–H and O–H groups in total. The number of hydrogen-bond donors (Lipinski definition) is 3. The van der Waals surface area contributed by atoms with Crippen LogP contribution >= 0.6 is 0 Å². The van der Waals surface area contributed by atoms with E-state index in [4.69, 9.17) is 14.2 Å². The molecule has 7 nitrogen and oxygen atoms in total. The van der Waals surface area contributed by atoms with Crippen molar-refractivity contribution in [3.8, 4) is 5.75 Å². The van der Waals surface area contributed by atoms with Crippen molar-refractivity contribution in [1.29, 1.82) is 0 Å². The van der Waals surface area contributed by atoms with Crippen molar-refractivity contribution in [1.82, 2.24) is 0 Å². The Morgan fingerprint density at radius 1 is 1.33 bits per heavy atom. The van der Waals surface area contributed by atoms with E-state index in [0.717, 1.165) is 30.6 Å². The van der Waals surface area contributed by atoms with Gasteiger partial charge in [-0.15, -0.1) is 0 Å². The van der Waals surface area contributed by atoms with Gasteiger partial charge in [-0.05, 0) is 49.8 Å². The standard InChI is InChI=1S/C26H38O7/c1-3-5-24(26(29)30)32-14-18-8-10-22-21(23(28)13-25(22)33-15-18)11-9-19(27)16-31-20-7-4-6-17(2)12-20/h4,6-7,9,11-12,18-19,21-25,27-28H,3,5,8,10,13-16H2,1-2H3,(H,29,30)/b11-9+/t18-,19+,21+,22+,23+,24?,25-/m0/s1. The SMILES string of the molecule is CCCC(OC[C@@H]1CC[C@@H]2[C@@H](/C=C/[C@@H](O)COc3cccc(C)c3)[C@H](O)C[C@@H]2OC1)C(=O)O. The molecule has 0 spiro atoms. The molecule has 33 heavy (non-hydrogen) atoms. The molecule has 7 atom stereocenters. The summed E-state index contributed by atoms with van der Waals surface area (Å²) < 4.78 is 17.4. The average molecular weight is 463 g/mol. The quantitative estimate of drug-likeness (QED) is 0.433. The second-order valence-electron chi connectivity index (χ2n) is 9.39. The number of aryl methyl sites for hydroxylation is 1. The monoisotopic (exact) mass is 462 g/mol. The summed E-state index contributed by atoms with van der Waals surface area (Å²) in [6.45, 7) is 4.96. The van der Waals surface area contributed by atoms with Crippen LogP contribution in [0.1, 0.15) is 44.6 Å². The lowest BCUT2D eigenvalue weighted by atomic mass is 9.87. The van der Waals surface area contributed by atoms with Crippen molar-refractivity contribution in [2.45, 2.75) is 70.4 Å². The van der Waals surface area contributed by atoms with E-state index in [1.165, 1.54) is 0 Å². The summed E-state index contributed by atoms with van der Waals surface area (Å²) in [5, 5.41) is 30.2. The summed E-state index contributed by atoms with van der Waals surface area (Å²) in [5.41, 5.74) is 1.10. The second kappa shape index (κ2) is 12.5. The number of ether oxygens (including phenoxy) is 3. The molecule has 184 valence electrons. The summed E-state index contributed by atoms with van der Waals surface area (Å²) in [6.07, 6.45) is 5.09. The molecule has 0 radical (unpaired) electrons. The Balaban J connectivity index is 1.50. The summed E-state index contributed by atoms with van der Waals surface area (Å²) in [4.78, 5) is 11.3. The summed E-state index contributed by atoms with van der Waals surface area (Å²) in [6, 6.07) is 7.69. The Bertz CT molecular complexity index is 780. The highest BCUT2D eigenvalue weighted by Crippen LogP contribution is 2.41. The zero-order valence-electron chi connectivity index (χ0n) is 19.6. The van der Waals surface area contributed by atoms with E-state index in [1.54, 1.807) is 6.08 Å². The molecule has 0 aromatic heterocycles. The van der Waals surface area contributed by atoms with E-state index in [1.807, 2.05) is 44.2 Å². The molecule has 1 aromatic carbocycles. The van der Waals surface area contributed by atoms with E-state index >= 15 is 0 Å². The van der Waals surface area contributed by atoms with Gasteiger partial charge >= 0.3 is 5.97 Å². The summed E-state index contributed by atoms with van der Waals surface area (Å²) in [7, 11) is 0. The number of aliphatic hydroxyl groups excluding tert-OH is 2. The minimum absolute atomic E-state index is 0.0359. The van der Waals surface area contributed by atoms with Gasteiger partial charge < -0.3 is 29.5 Å². The van der Waals surface area contributed by atoms with Crippen LogP contribution in [0, 0.1) is 24.7 Å². The van der Waals surface area contributed by atoms with Gasteiger partial charge in [-0.1, -0.05) is 37.6 Å². The zero-order chi connectivity index (χ0) is 23.8. The Kier molecular flexibility index (Phi) is 9.74. The van der Waals surface area contributed by atoms with Gasteiger partial charge in [0.15, 0.2) is 6.10 Å². The van der Waals surface area contributed by atoms with Gasteiger partial charge in [0, 0.05) is 18.3 Å². The molecule has 1 heterocycles. The first-order chi connectivity index (χ1) is 15.9. The Morgan fingerprint density at radius 2 is 2.15 bits per heavy atom. The lowest BCUT2D eigenvalue weighted by Crippen LogP contribution is -2.27. The van der Waals surface area contributed by atoms with Crippen LogP contribution < -0.4 is 4.74 Å². The van der Waals surface area contributed by atoms with Gasteiger partial charge in [-0.2, -0.15) is 0 Å². The number of benzene rings is 1. The topological polar surface area (TPSA) is 105 Å². The van der Waals surface area contributed by atoms with Crippen molar-refractivity contribution in [2.75, 3.05) is 19.8 Å². The molecule has 1 aliphatic carbocycles. The molecule has 3 rings (SSSR count). The van der Waals surface area contributed by atoms with Crippen molar-refractivity contribution in [3.05, 3.63) is 42.0 Å². The highest BCUT2D eigenvalue weighted by molar-refractivity contribution is 5.72.